The fourth-order valence-corrected chi connectivity index (χ4v) is 3.27. The fraction of sp³-hybridized carbons (Fsp3) is 0.231. The van der Waals surface area contributed by atoms with E-state index in [-0.39, 0.29) is 0 Å². The van der Waals surface area contributed by atoms with Crippen LogP contribution in [0.1, 0.15) is 16.0 Å². The fourth-order valence-electron chi connectivity index (χ4n) is 1.51. The average Bonchev–Trinajstić information content (AvgIpc) is 2.61. The van der Waals surface area contributed by atoms with Gasteiger partial charge in [-0.1, -0.05) is 41.4 Å². The molecule has 1 aromatic carbocycles. The monoisotopic (exact) mass is 329 g/mol. The van der Waals surface area contributed by atoms with E-state index in [1.807, 2.05) is 0 Å². The number of nitrogens with one attached hydrogen (secondary N) is 1. The van der Waals surface area contributed by atoms with Crippen LogP contribution >= 0.6 is 38.9 Å². The second-order valence-corrected chi connectivity index (χ2v) is 6.52. The first-order chi connectivity index (χ1) is 8.15. The molecule has 0 amide bonds. The first-order valence-corrected chi connectivity index (χ1v) is 7.34. The predicted octanol–water partition coefficient (Wildman–Crippen LogP) is 4.76. The number of hydrogen-bond donors (Lipinski definition) is 1. The maximum Gasteiger partial charge on any atom is 0.107 e. The maximum atomic E-state index is 5.99. The Hall–Kier alpha value is -0.350. The van der Waals surface area contributed by atoms with Gasteiger partial charge >= 0.3 is 0 Å². The third-order valence-electron chi connectivity index (χ3n) is 2.45. The van der Waals surface area contributed by atoms with Crippen molar-refractivity contribution < 1.29 is 0 Å². The molecular weight excluding hydrogens is 318 g/mol. The molecule has 2 rings (SSSR count). The molecule has 1 aromatic heterocycles. The van der Waals surface area contributed by atoms with Gasteiger partial charge in [0.2, 0.25) is 0 Å². The summed E-state index contributed by atoms with van der Waals surface area (Å²) in [5.41, 5.74) is 2.60. The van der Waals surface area contributed by atoms with E-state index in [1.165, 1.54) is 16.0 Å². The second-order valence-electron chi connectivity index (χ2n) is 3.92. The van der Waals surface area contributed by atoms with Crippen LogP contribution in [0.15, 0.2) is 34.8 Å². The molecular formula is C13H13BrClNS. The highest BCUT2D eigenvalue weighted by Crippen LogP contribution is 2.31. The molecule has 0 fully saturated rings. The molecule has 1 nitrogen and oxygen atoms in total. The lowest BCUT2D eigenvalue weighted by Crippen LogP contribution is -2.11. The Morgan fingerprint density at radius 3 is 2.53 bits per heavy atom. The highest BCUT2D eigenvalue weighted by atomic mass is 79.9. The highest BCUT2D eigenvalue weighted by Gasteiger charge is 2.03. The Morgan fingerprint density at radius 2 is 1.94 bits per heavy atom. The van der Waals surface area contributed by atoms with Gasteiger partial charge in [-0.3, -0.25) is 0 Å². The van der Waals surface area contributed by atoms with E-state index in [1.54, 1.807) is 11.3 Å². The molecule has 0 aliphatic heterocycles. The van der Waals surface area contributed by atoms with Crippen LogP contribution in [0.4, 0.5) is 0 Å². The lowest BCUT2D eigenvalue weighted by atomic mass is 10.1. The minimum Gasteiger partial charge on any atom is -0.308 e. The Morgan fingerprint density at radius 1 is 1.24 bits per heavy atom. The van der Waals surface area contributed by atoms with Crippen LogP contribution < -0.4 is 5.32 Å². The van der Waals surface area contributed by atoms with Crippen molar-refractivity contribution in [1.29, 1.82) is 0 Å². The predicted molar refractivity (Wildman–Crippen MR) is 78.8 cm³/mol. The molecule has 0 radical (unpaired) electrons. The van der Waals surface area contributed by atoms with Crippen molar-refractivity contribution in [3.8, 4) is 0 Å². The number of rotatable bonds is 4. The van der Waals surface area contributed by atoms with Gasteiger partial charge in [-0.15, -0.1) is 11.3 Å². The molecule has 4 heteroatoms. The van der Waals surface area contributed by atoms with Crippen LogP contribution in [-0.2, 0) is 13.1 Å². The molecule has 2 aromatic rings. The summed E-state index contributed by atoms with van der Waals surface area (Å²) in [6.07, 6.45) is 0. The topological polar surface area (TPSA) is 12.0 Å². The lowest BCUT2D eigenvalue weighted by molar-refractivity contribution is 0.701. The van der Waals surface area contributed by atoms with Crippen molar-refractivity contribution in [1.82, 2.24) is 5.32 Å². The number of aryl methyl sites for hydroxylation is 1. The third kappa shape index (κ3) is 3.81. The smallest absolute Gasteiger partial charge is 0.107 e. The van der Waals surface area contributed by atoms with Gasteiger partial charge in [0.25, 0.3) is 0 Å². The van der Waals surface area contributed by atoms with Crippen LogP contribution in [0.5, 0.6) is 0 Å². The zero-order chi connectivity index (χ0) is 12.3. The highest BCUT2D eigenvalue weighted by molar-refractivity contribution is 9.10. The van der Waals surface area contributed by atoms with Gasteiger partial charge in [0.15, 0.2) is 0 Å². The summed E-state index contributed by atoms with van der Waals surface area (Å²) < 4.78 is 1.80. The summed E-state index contributed by atoms with van der Waals surface area (Å²) in [5.74, 6) is 0. The Balaban J connectivity index is 1.85. The Kier molecular flexibility index (Phi) is 4.62. The SMILES string of the molecule is Cc1ccc(CNCc2cc(Br)c(Cl)s2)cc1. The number of thiophene rings is 1. The molecule has 1 heterocycles. The molecule has 0 bridgehead atoms. The third-order valence-corrected chi connectivity index (χ3v) is 4.92. The normalized spacial score (nSPS) is 10.8. The molecule has 0 saturated heterocycles. The zero-order valence-electron chi connectivity index (χ0n) is 9.47. The molecule has 0 spiro atoms. The van der Waals surface area contributed by atoms with E-state index < -0.39 is 0 Å². The number of hydrogen-bond acceptors (Lipinski definition) is 2. The van der Waals surface area contributed by atoms with E-state index in [9.17, 15) is 0 Å². The maximum absolute atomic E-state index is 5.99. The largest absolute Gasteiger partial charge is 0.308 e. The van der Waals surface area contributed by atoms with Gasteiger partial charge in [0.1, 0.15) is 4.34 Å². The molecule has 90 valence electrons. The van der Waals surface area contributed by atoms with Gasteiger partial charge in [0.05, 0.1) is 0 Å². The number of halogens is 2. The van der Waals surface area contributed by atoms with Crippen molar-refractivity contribution in [2.75, 3.05) is 0 Å². The summed E-state index contributed by atoms with van der Waals surface area (Å²) in [6, 6.07) is 10.6. The van der Waals surface area contributed by atoms with E-state index in [2.05, 4.69) is 58.5 Å². The van der Waals surface area contributed by atoms with Gasteiger partial charge in [-0.25, -0.2) is 0 Å². The first-order valence-electron chi connectivity index (χ1n) is 5.35. The molecule has 0 aliphatic rings. The first kappa shape index (κ1) is 13.1. The summed E-state index contributed by atoms with van der Waals surface area (Å²) in [7, 11) is 0. The molecule has 0 unspecified atom stereocenters. The van der Waals surface area contributed by atoms with E-state index >= 15 is 0 Å². The Labute approximate surface area is 119 Å². The van der Waals surface area contributed by atoms with Gasteiger partial charge < -0.3 is 5.32 Å². The summed E-state index contributed by atoms with van der Waals surface area (Å²) in [6.45, 7) is 3.83. The molecule has 0 aliphatic carbocycles. The van der Waals surface area contributed by atoms with Crippen LogP contribution in [0.25, 0.3) is 0 Å². The standard InChI is InChI=1S/C13H13BrClNS/c1-9-2-4-10(5-3-9)7-16-8-11-6-12(14)13(15)17-11/h2-6,16H,7-8H2,1H3. The van der Waals surface area contributed by atoms with Crippen LogP contribution in [-0.4, -0.2) is 0 Å². The van der Waals surface area contributed by atoms with E-state index in [0.717, 1.165) is 21.9 Å². The molecule has 0 atom stereocenters. The summed E-state index contributed by atoms with van der Waals surface area (Å²) >= 11 is 11.0. The second kappa shape index (κ2) is 6.01. The van der Waals surface area contributed by atoms with Crippen molar-refractivity contribution >= 4 is 38.9 Å². The molecule has 17 heavy (non-hydrogen) atoms. The van der Waals surface area contributed by atoms with Gasteiger partial charge in [-0.05, 0) is 34.5 Å². The zero-order valence-corrected chi connectivity index (χ0v) is 12.6. The Bertz CT molecular complexity index is 473. The van der Waals surface area contributed by atoms with Gasteiger partial charge in [0, 0.05) is 22.4 Å². The molecule has 0 saturated carbocycles. The lowest BCUT2D eigenvalue weighted by Gasteiger charge is -2.03. The number of benzene rings is 1. The van der Waals surface area contributed by atoms with Crippen molar-refractivity contribution in [2.24, 2.45) is 0 Å². The van der Waals surface area contributed by atoms with Crippen molar-refractivity contribution in [3.05, 3.63) is 55.1 Å². The van der Waals surface area contributed by atoms with Crippen molar-refractivity contribution in [3.63, 3.8) is 0 Å². The minimum atomic E-state index is 0.817. The summed E-state index contributed by atoms with van der Waals surface area (Å²) in [4.78, 5) is 1.24. The van der Waals surface area contributed by atoms with E-state index in [4.69, 9.17) is 11.6 Å². The minimum absolute atomic E-state index is 0.817. The van der Waals surface area contributed by atoms with E-state index in [0.29, 0.717) is 0 Å². The quantitative estimate of drug-likeness (QED) is 0.852. The molecule has 1 N–H and O–H groups in total. The van der Waals surface area contributed by atoms with Crippen LogP contribution in [0.2, 0.25) is 4.34 Å². The van der Waals surface area contributed by atoms with Crippen molar-refractivity contribution in [2.45, 2.75) is 20.0 Å². The summed E-state index contributed by atoms with van der Waals surface area (Å²) in [5, 5.41) is 3.41. The van der Waals surface area contributed by atoms with Gasteiger partial charge in [-0.2, -0.15) is 0 Å². The van der Waals surface area contributed by atoms with Crippen LogP contribution in [0, 0.1) is 6.92 Å². The average molecular weight is 331 g/mol. The van der Waals surface area contributed by atoms with Crippen LogP contribution in [0.3, 0.4) is 0 Å².